The number of aryl methyl sites for hydroxylation is 1. The first-order valence-corrected chi connectivity index (χ1v) is 6.91. The van der Waals surface area contributed by atoms with E-state index in [0.717, 1.165) is 25.1 Å². The zero-order valence-corrected chi connectivity index (χ0v) is 12.7. The van der Waals surface area contributed by atoms with Gasteiger partial charge in [0.15, 0.2) is 0 Å². The van der Waals surface area contributed by atoms with E-state index < -0.39 is 0 Å². The van der Waals surface area contributed by atoms with Crippen LogP contribution in [0, 0.1) is 6.92 Å². The van der Waals surface area contributed by atoms with Gasteiger partial charge in [-0.15, -0.1) is 0 Å². The van der Waals surface area contributed by atoms with E-state index in [2.05, 4.69) is 22.2 Å². The first-order chi connectivity index (χ1) is 9.15. The molecule has 19 heavy (non-hydrogen) atoms. The lowest BCUT2D eigenvalue weighted by atomic mass is 10.3. The number of carbonyl (C=O) groups is 1. The summed E-state index contributed by atoms with van der Waals surface area (Å²) in [5.41, 5.74) is 0.720. The van der Waals surface area contributed by atoms with E-state index in [1.807, 2.05) is 20.8 Å². The maximum absolute atomic E-state index is 11.8. The van der Waals surface area contributed by atoms with Gasteiger partial charge in [0.25, 0.3) is 0 Å². The lowest BCUT2D eigenvalue weighted by Crippen LogP contribution is -2.36. The van der Waals surface area contributed by atoms with Crippen LogP contribution in [0.3, 0.4) is 0 Å². The number of rotatable bonds is 6. The number of hydrogen-bond donors (Lipinski definition) is 1. The fourth-order valence-corrected chi connectivity index (χ4v) is 1.32. The molecule has 0 saturated carbocycles. The van der Waals surface area contributed by atoms with Crippen LogP contribution in [0.4, 0.5) is 5.69 Å². The second-order valence-corrected chi connectivity index (χ2v) is 3.97. The van der Waals surface area contributed by atoms with E-state index in [0.29, 0.717) is 12.4 Å². The molecule has 1 rings (SSSR count). The Morgan fingerprint density at radius 3 is 2.42 bits per heavy atom. The third-order valence-corrected chi connectivity index (χ3v) is 2.51. The standard InChI is InChI=1S/C12H20N4O.C2H6/c1-4-5-6-13-9-12(17)16(3)11-7-14-10(2)15-8-11;1-2/h7-8,13H,4-6,9H2,1-3H3;1-2H3. The molecule has 1 heterocycles. The van der Waals surface area contributed by atoms with Crippen molar-refractivity contribution in [1.82, 2.24) is 15.3 Å². The van der Waals surface area contributed by atoms with Crippen LogP contribution in [-0.4, -0.2) is 36.0 Å². The van der Waals surface area contributed by atoms with Crippen molar-refractivity contribution in [1.29, 1.82) is 0 Å². The van der Waals surface area contributed by atoms with Crippen molar-refractivity contribution in [3.8, 4) is 0 Å². The molecule has 0 radical (unpaired) electrons. The van der Waals surface area contributed by atoms with Crippen LogP contribution < -0.4 is 10.2 Å². The van der Waals surface area contributed by atoms with E-state index in [1.54, 1.807) is 24.3 Å². The average Bonchev–Trinajstić information content (AvgIpc) is 2.45. The van der Waals surface area contributed by atoms with Gasteiger partial charge in [-0.05, 0) is 19.9 Å². The average molecular weight is 266 g/mol. The molecule has 108 valence electrons. The SMILES string of the molecule is CC.CCCCNCC(=O)N(C)c1cnc(C)nc1. The smallest absolute Gasteiger partial charge is 0.240 e. The summed E-state index contributed by atoms with van der Waals surface area (Å²) in [7, 11) is 1.73. The molecule has 1 aromatic rings. The Balaban J connectivity index is 0.00000154. The number of carbonyl (C=O) groups excluding carboxylic acids is 1. The zero-order chi connectivity index (χ0) is 14.7. The van der Waals surface area contributed by atoms with Crippen LogP contribution in [0.15, 0.2) is 12.4 Å². The van der Waals surface area contributed by atoms with Crippen LogP contribution in [0.1, 0.15) is 39.4 Å². The minimum atomic E-state index is 0.0218. The lowest BCUT2D eigenvalue weighted by Gasteiger charge is -2.16. The Morgan fingerprint density at radius 2 is 1.89 bits per heavy atom. The van der Waals surface area contributed by atoms with Crippen LogP contribution in [0.25, 0.3) is 0 Å². The molecule has 0 saturated heterocycles. The highest BCUT2D eigenvalue weighted by molar-refractivity contribution is 5.93. The molecule has 0 unspecified atom stereocenters. The highest BCUT2D eigenvalue weighted by atomic mass is 16.2. The monoisotopic (exact) mass is 266 g/mol. The van der Waals surface area contributed by atoms with E-state index in [-0.39, 0.29) is 5.91 Å². The third-order valence-electron chi connectivity index (χ3n) is 2.51. The molecule has 0 aliphatic rings. The largest absolute Gasteiger partial charge is 0.312 e. The quantitative estimate of drug-likeness (QED) is 0.802. The van der Waals surface area contributed by atoms with Crippen molar-refractivity contribution in [3.05, 3.63) is 18.2 Å². The fraction of sp³-hybridized carbons (Fsp3) is 0.643. The second-order valence-electron chi connectivity index (χ2n) is 3.97. The Labute approximate surface area is 116 Å². The van der Waals surface area contributed by atoms with Gasteiger partial charge in [0, 0.05) is 7.05 Å². The summed E-state index contributed by atoms with van der Waals surface area (Å²) in [5, 5.41) is 3.12. The van der Waals surface area contributed by atoms with Crippen molar-refractivity contribution >= 4 is 11.6 Å². The molecule has 0 atom stereocenters. The van der Waals surface area contributed by atoms with Gasteiger partial charge < -0.3 is 10.2 Å². The van der Waals surface area contributed by atoms with Crippen LogP contribution in [-0.2, 0) is 4.79 Å². The van der Waals surface area contributed by atoms with Crippen molar-refractivity contribution < 1.29 is 4.79 Å². The molecule has 0 aromatic carbocycles. The van der Waals surface area contributed by atoms with E-state index in [1.165, 1.54) is 0 Å². The van der Waals surface area contributed by atoms with Crippen molar-refractivity contribution in [2.24, 2.45) is 0 Å². The molecular formula is C14H26N4O. The number of likely N-dealkylation sites (N-methyl/N-ethyl adjacent to an activating group) is 1. The number of unbranched alkanes of at least 4 members (excludes halogenated alkanes) is 1. The van der Waals surface area contributed by atoms with Crippen molar-refractivity contribution in [2.75, 3.05) is 25.0 Å². The highest BCUT2D eigenvalue weighted by Crippen LogP contribution is 2.08. The van der Waals surface area contributed by atoms with E-state index in [4.69, 9.17) is 0 Å². The summed E-state index contributed by atoms with van der Waals surface area (Å²) in [6, 6.07) is 0. The fourth-order valence-electron chi connectivity index (χ4n) is 1.32. The summed E-state index contributed by atoms with van der Waals surface area (Å²) < 4.78 is 0. The Morgan fingerprint density at radius 1 is 1.32 bits per heavy atom. The van der Waals surface area contributed by atoms with Gasteiger partial charge in [-0.25, -0.2) is 9.97 Å². The topological polar surface area (TPSA) is 58.1 Å². The van der Waals surface area contributed by atoms with Gasteiger partial charge in [-0.3, -0.25) is 4.79 Å². The van der Waals surface area contributed by atoms with E-state index >= 15 is 0 Å². The van der Waals surface area contributed by atoms with Gasteiger partial charge in [0.1, 0.15) is 5.82 Å². The maximum Gasteiger partial charge on any atom is 0.240 e. The maximum atomic E-state index is 11.8. The summed E-state index contributed by atoms with van der Waals surface area (Å²) in [6.45, 7) is 9.17. The number of nitrogens with zero attached hydrogens (tertiary/aromatic N) is 3. The minimum absolute atomic E-state index is 0.0218. The number of hydrogen-bond acceptors (Lipinski definition) is 4. The lowest BCUT2D eigenvalue weighted by molar-refractivity contribution is -0.117. The van der Waals surface area contributed by atoms with Gasteiger partial charge in [0.05, 0.1) is 24.6 Å². The molecular weight excluding hydrogens is 240 g/mol. The van der Waals surface area contributed by atoms with E-state index in [9.17, 15) is 4.79 Å². The first kappa shape index (κ1) is 17.5. The normalized spacial score (nSPS) is 9.53. The Bertz CT molecular complexity index is 351. The first-order valence-electron chi connectivity index (χ1n) is 6.91. The van der Waals surface area contributed by atoms with Gasteiger partial charge in [-0.2, -0.15) is 0 Å². The summed E-state index contributed by atoms with van der Waals surface area (Å²) in [4.78, 5) is 21.5. The number of anilines is 1. The number of aromatic nitrogens is 2. The second kappa shape index (κ2) is 10.4. The number of amides is 1. The van der Waals surface area contributed by atoms with Gasteiger partial charge in [-0.1, -0.05) is 27.2 Å². The number of nitrogens with one attached hydrogen (secondary N) is 1. The van der Waals surface area contributed by atoms with Crippen LogP contribution >= 0.6 is 0 Å². The Hall–Kier alpha value is -1.49. The molecule has 0 bridgehead atoms. The molecule has 5 heteroatoms. The van der Waals surface area contributed by atoms with Crippen LogP contribution in [0.2, 0.25) is 0 Å². The molecule has 5 nitrogen and oxygen atoms in total. The van der Waals surface area contributed by atoms with Crippen LogP contribution in [0.5, 0.6) is 0 Å². The summed E-state index contributed by atoms with van der Waals surface area (Å²) >= 11 is 0. The molecule has 0 aliphatic heterocycles. The van der Waals surface area contributed by atoms with Gasteiger partial charge in [0.2, 0.25) is 5.91 Å². The predicted octanol–water partition coefficient (Wildman–Crippen LogP) is 2.16. The van der Waals surface area contributed by atoms with Crippen molar-refractivity contribution in [2.45, 2.75) is 40.5 Å². The molecule has 1 N–H and O–H groups in total. The molecule has 0 spiro atoms. The molecule has 0 fully saturated rings. The highest BCUT2D eigenvalue weighted by Gasteiger charge is 2.10. The Kier molecular flexibility index (Phi) is 9.62. The predicted molar refractivity (Wildman–Crippen MR) is 79.3 cm³/mol. The van der Waals surface area contributed by atoms with Crippen molar-refractivity contribution in [3.63, 3.8) is 0 Å². The third kappa shape index (κ3) is 6.86. The minimum Gasteiger partial charge on any atom is -0.312 e. The molecule has 1 aromatic heterocycles. The van der Waals surface area contributed by atoms with Gasteiger partial charge >= 0.3 is 0 Å². The zero-order valence-electron chi connectivity index (χ0n) is 12.7. The summed E-state index contributed by atoms with van der Waals surface area (Å²) in [5.74, 6) is 0.726. The molecule has 0 aliphatic carbocycles. The summed E-state index contributed by atoms with van der Waals surface area (Å²) in [6.07, 6.45) is 5.53. The molecule has 1 amide bonds.